The molecule has 0 spiro atoms. The molecule has 0 atom stereocenters. The number of aromatic amines is 1. The van der Waals surface area contributed by atoms with E-state index in [0.29, 0.717) is 18.4 Å². The van der Waals surface area contributed by atoms with Crippen molar-refractivity contribution in [2.45, 2.75) is 51.3 Å². The first-order chi connectivity index (χ1) is 8.55. The third-order valence-electron chi connectivity index (χ3n) is 3.47. The molecule has 0 saturated heterocycles. The molecule has 1 heterocycles. The van der Waals surface area contributed by atoms with E-state index in [1.165, 1.54) is 0 Å². The summed E-state index contributed by atoms with van der Waals surface area (Å²) in [4.78, 5) is 19.0. The van der Waals surface area contributed by atoms with Crippen LogP contribution in [-0.2, 0) is 16.9 Å². The molecule has 1 saturated carbocycles. The molecule has 5 nitrogen and oxygen atoms in total. The zero-order chi connectivity index (χ0) is 13.2. The Morgan fingerprint density at radius 1 is 1.56 bits per heavy atom. The number of hydrogen-bond acceptors (Lipinski definition) is 4. The lowest BCUT2D eigenvalue weighted by molar-refractivity contribution is -0.0849. The molecule has 100 valence electrons. The van der Waals surface area contributed by atoms with Crippen molar-refractivity contribution in [1.82, 2.24) is 15.3 Å². The second kappa shape index (κ2) is 5.20. The molecule has 0 aromatic carbocycles. The molecule has 1 aliphatic rings. The van der Waals surface area contributed by atoms with E-state index in [1.54, 1.807) is 13.2 Å². The van der Waals surface area contributed by atoms with Crippen LogP contribution < -0.4 is 10.9 Å². The first kappa shape index (κ1) is 13.2. The molecule has 0 radical (unpaired) electrons. The Hall–Kier alpha value is -1.20. The fourth-order valence-electron chi connectivity index (χ4n) is 2.16. The van der Waals surface area contributed by atoms with Gasteiger partial charge < -0.3 is 15.0 Å². The van der Waals surface area contributed by atoms with Crippen LogP contribution in [0.25, 0.3) is 0 Å². The minimum absolute atomic E-state index is 0.108. The molecule has 0 amide bonds. The van der Waals surface area contributed by atoms with Crippen molar-refractivity contribution in [1.29, 1.82) is 0 Å². The predicted molar refractivity (Wildman–Crippen MR) is 69.4 cm³/mol. The highest BCUT2D eigenvalue weighted by molar-refractivity contribution is 5.12. The van der Waals surface area contributed by atoms with E-state index in [2.05, 4.69) is 29.1 Å². The number of ether oxygens (including phenoxy) is 1. The maximum Gasteiger partial charge on any atom is 0.251 e. The predicted octanol–water partition coefficient (Wildman–Crippen LogP) is 1.29. The number of hydrogen-bond donors (Lipinski definition) is 2. The molecule has 0 bridgehead atoms. The van der Waals surface area contributed by atoms with Crippen LogP contribution in [0.3, 0.4) is 0 Å². The highest BCUT2D eigenvalue weighted by atomic mass is 16.5. The van der Waals surface area contributed by atoms with Gasteiger partial charge in [-0.3, -0.25) is 4.79 Å². The molecule has 1 aromatic heterocycles. The first-order valence-electron chi connectivity index (χ1n) is 6.45. The van der Waals surface area contributed by atoms with Gasteiger partial charge in [0.25, 0.3) is 5.56 Å². The van der Waals surface area contributed by atoms with Crippen LogP contribution in [-0.4, -0.2) is 23.1 Å². The fraction of sp³-hybridized carbons (Fsp3) is 0.692. The third-order valence-corrected chi connectivity index (χ3v) is 3.47. The van der Waals surface area contributed by atoms with Crippen LogP contribution in [0, 0.1) is 0 Å². The van der Waals surface area contributed by atoms with Gasteiger partial charge in [-0.25, -0.2) is 4.98 Å². The molecule has 1 fully saturated rings. The lowest BCUT2D eigenvalue weighted by atomic mass is 9.79. The molecule has 1 aromatic rings. The van der Waals surface area contributed by atoms with Gasteiger partial charge in [-0.05, 0) is 19.3 Å². The van der Waals surface area contributed by atoms with Crippen molar-refractivity contribution in [2.75, 3.05) is 7.11 Å². The summed E-state index contributed by atoms with van der Waals surface area (Å²) < 4.78 is 5.54. The molecular weight excluding hydrogens is 230 g/mol. The Kier molecular flexibility index (Phi) is 3.82. The minimum Gasteiger partial charge on any atom is -0.370 e. The molecule has 1 aliphatic carbocycles. The van der Waals surface area contributed by atoms with E-state index in [0.717, 1.165) is 25.0 Å². The summed E-state index contributed by atoms with van der Waals surface area (Å²) in [6.07, 6.45) is 2.97. The topological polar surface area (TPSA) is 67.0 Å². The summed E-state index contributed by atoms with van der Waals surface area (Å²) in [5.41, 5.74) is 0.294. The Labute approximate surface area is 107 Å². The molecule has 0 unspecified atom stereocenters. The zero-order valence-electron chi connectivity index (χ0n) is 11.2. The Bertz CT molecular complexity index is 458. The summed E-state index contributed by atoms with van der Waals surface area (Å²) in [6.45, 7) is 4.74. The van der Waals surface area contributed by atoms with Crippen LogP contribution in [0.2, 0.25) is 0 Å². The van der Waals surface area contributed by atoms with E-state index in [4.69, 9.17) is 4.74 Å². The maximum atomic E-state index is 11.7. The van der Waals surface area contributed by atoms with Gasteiger partial charge in [-0.2, -0.15) is 0 Å². The van der Waals surface area contributed by atoms with Crippen LogP contribution in [0.15, 0.2) is 10.9 Å². The van der Waals surface area contributed by atoms with Gasteiger partial charge in [-0.15, -0.1) is 0 Å². The highest BCUT2D eigenvalue weighted by Gasteiger charge is 2.41. The summed E-state index contributed by atoms with van der Waals surface area (Å²) >= 11 is 0. The number of aromatic nitrogens is 2. The smallest absolute Gasteiger partial charge is 0.251 e. The molecule has 0 aliphatic heterocycles. The molecular formula is C13H21N3O2. The van der Waals surface area contributed by atoms with Crippen molar-refractivity contribution < 1.29 is 4.74 Å². The van der Waals surface area contributed by atoms with E-state index in [-0.39, 0.29) is 11.2 Å². The van der Waals surface area contributed by atoms with Crippen LogP contribution in [0.5, 0.6) is 0 Å². The maximum absolute atomic E-state index is 11.7. The highest BCUT2D eigenvalue weighted by Crippen LogP contribution is 2.42. The lowest BCUT2D eigenvalue weighted by Crippen LogP contribution is -2.40. The van der Waals surface area contributed by atoms with Crippen molar-refractivity contribution in [3.8, 4) is 0 Å². The van der Waals surface area contributed by atoms with E-state index in [1.807, 2.05) is 0 Å². The standard InChI is InChI=1S/C13H21N3O2/c1-9(2)14-8-10-7-11(17)16-12(15-10)13(18-3)5-4-6-13/h7,9,14H,4-6,8H2,1-3H3,(H,15,16,17). The molecule has 2 rings (SSSR count). The summed E-state index contributed by atoms with van der Waals surface area (Å²) in [5, 5.41) is 3.27. The second-order valence-electron chi connectivity index (χ2n) is 5.17. The number of H-pyrrole nitrogens is 1. The van der Waals surface area contributed by atoms with Gasteiger partial charge >= 0.3 is 0 Å². The molecule has 2 N–H and O–H groups in total. The largest absolute Gasteiger partial charge is 0.370 e. The first-order valence-corrected chi connectivity index (χ1v) is 6.45. The zero-order valence-corrected chi connectivity index (χ0v) is 11.2. The Balaban J connectivity index is 2.23. The quantitative estimate of drug-likeness (QED) is 0.827. The summed E-state index contributed by atoms with van der Waals surface area (Å²) in [7, 11) is 1.68. The monoisotopic (exact) mass is 251 g/mol. The van der Waals surface area contributed by atoms with Gasteiger partial charge in [0.15, 0.2) is 0 Å². The Morgan fingerprint density at radius 3 is 2.78 bits per heavy atom. The minimum atomic E-state index is -0.368. The normalized spacial score (nSPS) is 17.8. The van der Waals surface area contributed by atoms with Crippen LogP contribution in [0.4, 0.5) is 0 Å². The van der Waals surface area contributed by atoms with Crippen molar-refractivity contribution >= 4 is 0 Å². The van der Waals surface area contributed by atoms with Crippen molar-refractivity contribution in [3.05, 3.63) is 27.9 Å². The van der Waals surface area contributed by atoms with Gasteiger partial charge in [0.1, 0.15) is 11.4 Å². The van der Waals surface area contributed by atoms with Crippen molar-refractivity contribution in [2.24, 2.45) is 0 Å². The van der Waals surface area contributed by atoms with Gasteiger partial charge in [0.2, 0.25) is 0 Å². The lowest BCUT2D eigenvalue weighted by Gasteiger charge is -2.39. The van der Waals surface area contributed by atoms with E-state index >= 15 is 0 Å². The van der Waals surface area contributed by atoms with Gasteiger partial charge in [0, 0.05) is 25.8 Å². The van der Waals surface area contributed by atoms with E-state index in [9.17, 15) is 4.79 Å². The van der Waals surface area contributed by atoms with Crippen LogP contribution in [0.1, 0.15) is 44.6 Å². The SMILES string of the molecule is COC1(c2nc(CNC(C)C)cc(=O)[nH]2)CCC1. The molecule has 5 heteroatoms. The third kappa shape index (κ3) is 2.62. The number of rotatable bonds is 5. The number of nitrogens with zero attached hydrogens (tertiary/aromatic N) is 1. The average molecular weight is 251 g/mol. The Morgan fingerprint density at radius 2 is 2.28 bits per heavy atom. The van der Waals surface area contributed by atoms with Gasteiger partial charge in [-0.1, -0.05) is 13.8 Å². The molecule has 18 heavy (non-hydrogen) atoms. The van der Waals surface area contributed by atoms with Crippen molar-refractivity contribution in [3.63, 3.8) is 0 Å². The summed E-state index contributed by atoms with van der Waals surface area (Å²) in [5.74, 6) is 0.671. The fourth-order valence-corrected chi connectivity index (χ4v) is 2.16. The van der Waals surface area contributed by atoms with Gasteiger partial charge in [0.05, 0.1) is 5.69 Å². The average Bonchev–Trinajstić information content (AvgIpc) is 2.25. The van der Waals surface area contributed by atoms with E-state index < -0.39 is 0 Å². The number of methoxy groups -OCH3 is 1. The number of nitrogens with one attached hydrogen (secondary N) is 2. The second-order valence-corrected chi connectivity index (χ2v) is 5.17. The van der Waals surface area contributed by atoms with Crippen LogP contribution >= 0.6 is 0 Å². The summed E-state index contributed by atoms with van der Waals surface area (Å²) in [6, 6.07) is 1.91.